The summed E-state index contributed by atoms with van der Waals surface area (Å²) in [6.45, 7) is 4.12. The number of terminal acetylenes is 1. The number of hydrogen-bond donors (Lipinski definition) is 1. The van der Waals surface area contributed by atoms with E-state index < -0.39 is 0 Å². The van der Waals surface area contributed by atoms with Gasteiger partial charge in [0.1, 0.15) is 0 Å². The average Bonchev–Trinajstić information content (AvgIpc) is 3.34. The monoisotopic (exact) mass is 447 g/mol. The first kappa shape index (κ1) is 20.7. The van der Waals surface area contributed by atoms with Gasteiger partial charge in [0.15, 0.2) is 0 Å². The van der Waals surface area contributed by atoms with Crippen LogP contribution in [0, 0.1) is 18.3 Å². The number of aliphatic hydroxyl groups is 1. The van der Waals surface area contributed by atoms with Crippen LogP contribution in [0.3, 0.4) is 0 Å². The van der Waals surface area contributed by atoms with E-state index in [1.165, 1.54) is 0 Å². The van der Waals surface area contributed by atoms with Gasteiger partial charge >= 0.3 is 5.69 Å². The van der Waals surface area contributed by atoms with E-state index in [0.717, 1.165) is 81.2 Å². The Labute approximate surface area is 197 Å². The summed E-state index contributed by atoms with van der Waals surface area (Å²) in [6.07, 6.45) is 18.2. The second-order valence-electron chi connectivity index (χ2n) is 9.47. The molecular weight excluding hydrogens is 422 g/mol. The van der Waals surface area contributed by atoms with Gasteiger partial charge in [0, 0.05) is 23.7 Å². The lowest BCUT2D eigenvalue weighted by Crippen LogP contribution is -2.23. The molecule has 5 heteroatoms. The Hall–Kier alpha value is -3.88. The average molecular weight is 448 g/mol. The third-order valence-electron chi connectivity index (χ3n) is 7.38. The Morgan fingerprint density at radius 2 is 2.09 bits per heavy atom. The molecule has 1 fully saturated rings. The molecule has 2 unspecified atom stereocenters. The Bertz CT molecular complexity index is 1630. The summed E-state index contributed by atoms with van der Waals surface area (Å²) in [4.78, 5) is 18.1. The molecule has 0 bridgehead atoms. The van der Waals surface area contributed by atoms with Crippen LogP contribution in [0.4, 0.5) is 0 Å². The van der Waals surface area contributed by atoms with Crippen LogP contribution in [0.25, 0.3) is 33.2 Å². The molecule has 2 atom stereocenters. The van der Waals surface area contributed by atoms with E-state index in [1.54, 1.807) is 17.8 Å². The zero-order valence-electron chi connectivity index (χ0n) is 19.1. The Balaban J connectivity index is 1.58. The Kier molecular flexibility index (Phi) is 4.62. The molecule has 0 radical (unpaired) electrons. The summed E-state index contributed by atoms with van der Waals surface area (Å²) in [6, 6.07) is 6.17. The molecule has 3 aliphatic rings. The van der Waals surface area contributed by atoms with Crippen molar-refractivity contribution in [1.29, 1.82) is 0 Å². The van der Waals surface area contributed by atoms with Crippen molar-refractivity contribution in [2.45, 2.75) is 31.8 Å². The van der Waals surface area contributed by atoms with Crippen LogP contribution in [0.15, 0.2) is 76.8 Å². The number of fused-ring (bicyclic) bond motifs is 4. The summed E-state index contributed by atoms with van der Waals surface area (Å²) < 4.78 is 3.50. The first-order valence-corrected chi connectivity index (χ1v) is 11.6. The molecular formula is C29H25N3O2. The summed E-state index contributed by atoms with van der Waals surface area (Å²) in [5, 5.41) is 11.2. The molecule has 2 heterocycles. The number of benzene rings is 1. The van der Waals surface area contributed by atoms with Gasteiger partial charge in [0.25, 0.3) is 0 Å². The number of imidazole rings is 1. The second-order valence-corrected chi connectivity index (χ2v) is 9.47. The van der Waals surface area contributed by atoms with Crippen LogP contribution in [-0.4, -0.2) is 25.3 Å². The molecule has 168 valence electrons. The van der Waals surface area contributed by atoms with Crippen molar-refractivity contribution < 1.29 is 5.11 Å². The van der Waals surface area contributed by atoms with E-state index >= 15 is 0 Å². The molecule has 34 heavy (non-hydrogen) atoms. The summed E-state index contributed by atoms with van der Waals surface area (Å²) in [7, 11) is 1.79. The Morgan fingerprint density at radius 3 is 2.91 bits per heavy atom. The zero-order chi connectivity index (χ0) is 23.6. The molecule has 3 aliphatic carbocycles. The van der Waals surface area contributed by atoms with Gasteiger partial charge in [-0.2, -0.15) is 0 Å². The van der Waals surface area contributed by atoms with Crippen LogP contribution >= 0.6 is 0 Å². The quantitative estimate of drug-likeness (QED) is 0.578. The van der Waals surface area contributed by atoms with Gasteiger partial charge in [-0.1, -0.05) is 24.6 Å². The summed E-state index contributed by atoms with van der Waals surface area (Å²) in [5.74, 6) is 3.00. The fourth-order valence-electron chi connectivity index (χ4n) is 5.64. The van der Waals surface area contributed by atoms with Crippen LogP contribution in [0.2, 0.25) is 0 Å². The first-order chi connectivity index (χ1) is 16.4. The highest BCUT2D eigenvalue weighted by Gasteiger charge is 2.32. The third-order valence-corrected chi connectivity index (χ3v) is 7.38. The van der Waals surface area contributed by atoms with Gasteiger partial charge < -0.3 is 5.11 Å². The van der Waals surface area contributed by atoms with E-state index in [9.17, 15) is 9.90 Å². The van der Waals surface area contributed by atoms with Crippen molar-refractivity contribution in [3.63, 3.8) is 0 Å². The molecule has 0 amide bonds. The van der Waals surface area contributed by atoms with E-state index in [2.05, 4.69) is 29.6 Å². The summed E-state index contributed by atoms with van der Waals surface area (Å²) in [5.41, 5.74) is 8.40. The minimum Gasteiger partial charge on any atom is -0.389 e. The van der Waals surface area contributed by atoms with E-state index in [-0.39, 0.29) is 17.7 Å². The largest absolute Gasteiger partial charge is 0.389 e. The molecule has 1 saturated carbocycles. The number of aromatic nitrogens is 3. The summed E-state index contributed by atoms with van der Waals surface area (Å²) >= 11 is 0. The molecule has 0 spiro atoms. The third kappa shape index (κ3) is 3.07. The molecule has 0 saturated heterocycles. The number of nitrogens with zero attached hydrogens (tertiary/aromatic N) is 3. The Morgan fingerprint density at radius 1 is 1.24 bits per heavy atom. The number of pyridine rings is 1. The van der Waals surface area contributed by atoms with Gasteiger partial charge in [-0.3, -0.25) is 14.1 Å². The lowest BCUT2D eigenvalue weighted by atomic mass is 9.90. The number of aliphatic hydroxyl groups excluding tert-OH is 1. The topological polar surface area (TPSA) is 60.0 Å². The lowest BCUT2D eigenvalue weighted by molar-refractivity contribution is 0.217. The van der Waals surface area contributed by atoms with Gasteiger partial charge in [0.2, 0.25) is 0 Å². The number of rotatable bonds is 2. The molecule has 2 aromatic heterocycles. The van der Waals surface area contributed by atoms with Gasteiger partial charge in [0.05, 0.1) is 28.9 Å². The van der Waals surface area contributed by atoms with Crippen molar-refractivity contribution in [3.8, 4) is 12.3 Å². The van der Waals surface area contributed by atoms with E-state index in [4.69, 9.17) is 6.42 Å². The molecule has 1 N–H and O–H groups in total. The minimum absolute atomic E-state index is 0.0841. The lowest BCUT2D eigenvalue weighted by Gasteiger charge is -2.21. The molecule has 5 nitrogen and oxygen atoms in total. The van der Waals surface area contributed by atoms with Crippen LogP contribution in [0.1, 0.15) is 31.2 Å². The maximum atomic E-state index is 13.4. The van der Waals surface area contributed by atoms with Gasteiger partial charge in [-0.05, 0) is 84.2 Å². The van der Waals surface area contributed by atoms with Gasteiger partial charge in [-0.25, -0.2) is 4.79 Å². The molecule has 0 aliphatic heterocycles. The van der Waals surface area contributed by atoms with Crippen molar-refractivity contribution in [2.24, 2.45) is 13.0 Å². The minimum atomic E-state index is -0.361. The molecule has 6 rings (SSSR count). The SMILES string of the molecule is C#CC1=CC(=C)CC(c2ccc3ncc4c(c3c2)n(C2=CC=C3C(O)CCC3C2)c(=O)n4C)=C1. The molecule has 3 aromatic rings. The normalized spacial score (nSPS) is 22.2. The maximum absolute atomic E-state index is 13.4. The maximum Gasteiger partial charge on any atom is 0.333 e. The highest BCUT2D eigenvalue weighted by Crippen LogP contribution is 2.41. The predicted octanol–water partition coefficient (Wildman–Crippen LogP) is 4.73. The van der Waals surface area contributed by atoms with E-state index in [1.807, 2.05) is 34.9 Å². The van der Waals surface area contributed by atoms with Gasteiger partial charge in [-0.15, -0.1) is 6.42 Å². The highest BCUT2D eigenvalue weighted by atomic mass is 16.3. The zero-order valence-corrected chi connectivity index (χ0v) is 19.1. The smallest absolute Gasteiger partial charge is 0.333 e. The van der Waals surface area contributed by atoms with Crippen LogP contribution in [-0.2, 0) is 7.05 Å². The number of aryl methyl sites for hydroxylation is 1. The first-order valence-electron chi connectivity index (χ1n) is 11.6. The fourth-order valence-corrected chi connectivity index (χ4v) is 5.64. The predicted molar refractivity (Wildman–Crippen MR) is 137 cm³/mol. The second kappa shape index (κ2) is 7.58. The number of allylic oxidation sites excluding steroid dienone is 8. The van der Waals surface area contributed by atoms with Crippen LogP contribution in [0.5, 0.6) is 0 Å². The number of hydrogen-bond acceptors (Lipinski definition) is 3. The van der Waals surface area contributed by atoms with Crippen molar-refractivity contribution in [1.82, 2.24) is 14.1 Å². The fraction of sp³-hybridized carbons (Fsp3) is 0.241. The van der Waals surface area contributed by atoms with Crippen molar-refractivity contribution in [2.75, 3.05) is 0 Å². The van der Waals surface area contributed by atoms with E-state index in [0.29, 0.717) is 0 Å². The van der Waals surface area contributed by atoms with Crippen molar-refractivity contribution in [3.05, 3.63) is 88.0 Å². The molecule has 1 aromatic carbocycles. The highest BCUT2D eigenvalue weighted by molar-refractivity contribution is 6.05. The van der Waals surface area contributed by atoms with Crippen LogP contribution < -0.4 is 5.69 Å². The standard InChI is InChI=1S/C29H25N3O2/c1-4-18-11-17(2)12-21(13-18)19-5-9-25-24(15-19)28-26(16-30-25)31(3)29(34)32(28)22-7-8-23-20(14-22)6-10-27(23)33/h1,5,7-9,11,13,15-16,20,27,33H,2,6,10,12,14H2,3H3. The van der Waals surface area contributed by atoms with Crippen molar-refractivity contribution >= 4 is 33.2 Å².